The van der Waals surface area contributed by atoms with E-state index in [0.717, 1.165) is 18.1 Å². The minimum atomic E-state index is -3.41. The lowest BCUT2D eigenvalue weighted by molar-refractivity contribution is 0.588. The summed E-state index contributed by atoms with van der Waals surface area (Å²) in [5.41, 5.74) is 0.860. The summed E-state index contributed by atoms with van der Waals surface area (Å²) in [4.78, 5) is 4.75. The molecular weight excluding hydrogens is 415 g/mol. The van der Waals surface area contributed by atoms with Gasteiger partial charge < -0.3 is 10.6 Å². The highest BCUT2D eigenvalue weighted by Crippen LogP contribution is 2.18. The largest absolute Gasteiger partial charge is 0.357 e. The number of halogens is 1. The number of sulfonamides is 1. The lowest BCUT2D eigenvalue weighted by atomic mass is 10.2. The third kappa shape index (κ3) is 5.73. The first-order valence-electron chi connectivity index (χ1n) is 7.12. The van der Waals surface area contributed by atoms with Crippen molar-refractivity contribution in [3.63, 3.8) is 0 Å². The summed E-state index contributed by atoms with van der Waals surface area (Å²) in [5, 5.41) is 6.51. The summed E-state index contributed by atoms with van der Waals surface area (Å²) in [6, 6.07) is 7.36. The molecule has 22 heavy (non-hydrogen) atoms. The maximum atomic E-state index is 11.8. The molecular formula is C14H23IN4O2S. The van der Waals surface area contributed by atoms with E-state index >= 15 is 0 Å². The van der Waals surface area contributed by atoms with Gasteiger partial charge in [0.2, 0.25) is 10.0 Å². The molecule has 0 unspecified atom stereocenters. The average Bonchev–Trinajstić information content (AvgIpc) is 3.29. The van der Waals surface area contributed by atoms with Gasteiger partial charge in [0.05, 0.1) is 11.4 Å². The number of aliphatic imine (C=N–C) groups is 1. The lowest BCUT2D eigenvalue weighted by Gasteiger charge is -2.10. The fourth-order valence-electron chi connectivity index (χ4n) is 1.84. The first-order valence-corrected chi connectivity index (χ1v) is 8.61. The smallest absolute Gasteiger partial charge is 0.240 e. The first kappa shape index (κ1) is 19.2. The molecule has 0 radical (unpaired) electrons. The molecule has 6 nitrogen and oxygen atoms in total. The molecule has 1 saturated carbocycles. The zero-order valence-corrected chi connectivity index (χ0v) is 15.9. The Balaban J connectivity index is 0.00000242. The van der Waals surface area contributed by atoms with Crippen LogP contribution < -0.4 is 15.4 Å². The zero-order valence-electron chi connectivity index (χ0n) is 12.8. The number of hydrogen-bond acceptors (Lipinski definition) is 3. The average molecular weight is 438 g/mol. The van der Waals surface area contributed by atoms with Crippen molar-refractivity contribution < 1.29 is 8.42 Å². The summed E-state index contributed by atoms with van der Waals surface area (Å²) in [5.74, 6) is 0.780. The fraction of sp³-hybridized carbons (Fsp3) is 0.500. The van der Waals surface area contributed by atoms with Gasteiger partial charge in [-0.25, -0.2) is 18.1 Å². The van der Waals surface area contributed by atoms with Crippen molar-refractivity contribution in [2.24, 2.45) is 4.99 Å². The Kier molecular flexibility index (Phi) is 7.57. The molecule has 124 valence electrons. The third-order valence-corrected chi connectivity index (χ3v) is 4.57. The number of guanidine groups is 1. The van der Waals surface area contributed by atoms with Gasteiger partial charge in [-0.3, -0.25) is 0 Å². The van der Waals surface area contributed by atoms with Crippen LogP contribution in [0.15, 0.2) is 34.2 Å². The fourth-order valence-corrected chi connectivity index (χ4v) is 2.64. The van der Waals surface area contributed by atoms with E-state index in [-0.39, 0.29) is 28.9 Å². The predicted octanol–water partition coefficient (Wildman–Crippen LogP) is 1.43. The van der Waals surface area contributed by atoms with Crippen LogP contribution in [0.3, 0.4) is 0 Å². The van der Waals surface area contributed by atoms with E-state index in [2.05, 4.69) is 20.3 Å². The van der Waals surface area contributed by atoms with Gasteiger partial charge in [-0.1, -0.05) is 12.1 Å². The summed E-state index contributed by atoms with van der Waals surface area (Å²) < 4.78 is 25.9. The molecule has 0 aromatic heterocycles. The quantitative estimate of drug-likeness (QED) is 0.357. The maximum absolute atomic E-state index is 11.8. The molecule has 0 bridgehead atoms. The van der Waals surface area contributed by atoms with Crippen LogP contribution in [0.5, 0.6) is 0 Å². The molecule has 0 saturated heterocycles. The van der Waals surface area contributed by atoms with E-state index in [1.165, 1.54) is 19.9 Å². The van der Waals surface area contributed by atoms with Crippen LogP contribution in [0.4, 0.5) is 0 Å². The normalized spacial score (nSPS) is 15.1. The van der Waals surface area contributed by atoms with Gasteiger partial charge in [0.25, 0.3) is 0 Å². The van der Waals surface area contributed by atoms with Gasteiger partial charge in [-0.15, -0.1) is 24.0 Å². The molecule has 0 amide bonds. The lowest BCUT2D eigenvalue weighted by Crippen LogP contribution is -2.38. The standard InChI is InChI=1S/C14H22N4O2S.HI/c1-3-16-14(18-12-7-8-12)17-10-11-5-4-6-13(9-11)21(19,20)15-2;/h4-6,9,12,15H,3,7-8,10H2,1-2H3,(H2,16,17,18);1H. The molecule has 1 aliphatic carbocycles. The van der Waals surface area contributed by atoms with E-state index in [1.807, 2.05) is 13.0 Å². The zero-order chi connectivity index (χ0) is 15.3. The molecule has 3 N–H and O–H groups in total. The second kappa shape index (κ2) is 8.68. The Hall–Kier alpha value is -0.870. The molecule has 1 aromatic rings. The van der Waals surface area contributed by atoms with Crippen molar-refractivity contribution in [1.29, 1.82) is 0 Å². The van der Waals surface area contributed by atoms with Crippen molar-refractivity contribution in [3.05, 3.63) is 29.8 Å². The molecule has 8 heteroatoms. The SMILES string of the molecule is CCNC(=NCc1cccc(S(=O)(=O)NC)c1)NC1CC1.I. The van der Waals surface area contributed by atoms with Crippen LogP contribution in [0.2, 0.25) is 0 Å². The minimum absolute atomic E-state index is 0. The Morgan fingerprint density at radius 2 is 2.09 bits per heavy atom. The number of rotatable bonds is 6. The molecule has 1 aliphatic rings. The van der Waals surface area contributed by atoms with E-state index < -0.39 is 10.0 Å². The van der Waals surface area contributed by atoms with Crippen LogP contribution in [-0.4, -0.2) is 34.0 Å². The number of nitrogens with zero attached hydrogens (tertiary/aromatic N) is 1. The minimum Gasteiger partial charge on any atom is -0.357 e. The monoisotopic (exact) mass is 438 g/mol. The van der Waals surface area contributed by atoms with Crippen molar-refractivity contribution in [3.8, 4) is 0 Å². The van der Waals surface area contributed by atoms with Crippen LogP contribution in [-0.2, 0) is 16.6 Å². The van der Waals surface area contributed by atoms with Crippen molar-refractivity contribution in [2.45, 2.75) is 37.2 Å². The van der Waals surface area contributed by atoms with Crippen LogP contribution >= 0.6 is 24.0 Å². The Morgan fingerprint density at radius 1 is 1.36 bits per heavy atom. The predicted molar refractivity (Wildman–Crippen MR) is 99.1 cm³/mol. The second-order valence-electron chi connectivity index (χ2n) is 4.97. The molecule has 1 aromatic carbocycles. The van der Waals surface area contributed by atoms with Crippen molar-refractivity contribution >= 4 is 40.0 Å². The van der Waals surface area contributed by atoms with Crippen LogP contribution in [0.25, 0.3) is 0 Å². The molecule has 0 aliphatic heterocycles. The Labute approximate surface area is 149 Å². The summed E-state index contributed by atoms with van der Waals surface area (Å²) in [6.45, 7) is 3.26. The van der Waals surface area contributed by atoms with E-state index in [0.29, 0.717) is 12.6 Å². The number of hydrogen-bond donors (Lipinski definition) is 3. The highest BCUT2D eigenvalue weighted by molar-refractivity contribution is 14.0. The third-order valence-electron chi connectivity index (χ3n) is 3.16. The summed E-state index contributed by atoms with van der Waals surface area (Å²) in [6.07, 6.45) is 2.36. The highest BCUT2D eigenvalue weighted by Gasteiger charge is 2.22. The molecule has 1 fully saturated rings. The molecule has 2 rings (SSSR count). The first-order chi connectivity index (χ1) is 10.0. The van der Waals surface area contributed by atoms with Crippen LogP contribution in [0.1, 0.15) is 25.3 Å². The van der Waals surface area contributed by atoms with Gasteiger partial charge >= 0.3 is 0 Å². The highest BCUT2D eigenvalue weighted by atomic mass is 127. The number of benzene rings is 1. The van der Waals surface area contributed by atoms with Gasteiger partial charge in [0.1, 0.15) is 0 Å². The Bertz CT molecular complexity index is 615. The second-order valence-corrected chi connectivity index (χ2v) is 6.86. The van der Waals surface area contributed by atoms with Crippen molar-refractivity contribution in [2.75, 3.05) is 13.6 Å². The van der Waals surface area contributed by atoms with E-state index in [1.54, 1.807) is 18.2 Å². The molecule has 0 heterocycles. The maximum Gasteiger partial charge on any atom is 0.240 e. The van der Waals surface area contributed by atoms with Gasteiger partial charge in [-0.05, 0) is 44.5 Å². The van der Waals surface area contributed by atoms with Crippen molar-refractivity contribution in [1.82, 2.24) is 15.4 Å². The molecule has 0 atom stereocenters. The van der Waals surface area contributed by atoms with E-state index in [4.69, 9.17) is 0 Å². The Morgan fingerprint density at radius 3 is 2.68 bits per heavy atom. The van der Waals surface area contributed by atoms with Gasteiger partial charge in [-0.2, -0.15) is 0 Å². The molecule has 0 spiro atoms. The summed E-state index contributed by atoms with van der Waals surface area (Å²) >= 11 is 0. The van der Waals surface area contributed by atoms with Gasteiger partial charge in [0, 0.05) is 12.6 Å². The van der Waals surface area contributed by atoms with Gasteiger partial charge in [0.15, 0.2) is 5.96 Å². The summed E-state index contributed by atoms with van der Waals surface area (Å²) in [7, 11) is -2.00. The topological polar surface area (TPSA) is 82.6 Å². The van der Waals surface area contributed by atoms with Crippen LogP contribution in [0, 0.1) is 0 Å². The number of nitrogens with one attached hydrogen (secondary N) is 3. The van der Waals surface area contributed by atoms with E-state index in [9.17, 15) is 8.42 Å².